The van der Waals surface area contributed by atoms with Gasteiger partial charge in [0.15, 0.2) is 5.82 Å². The van der Waals surface area contributed by atoms with Gasteiger partial charge in [0.25, 0.3) is 5.91 Å². The van der Waals surface area contributed by atoms with Gasteiger partial charge in [-0.15, -0.1) is 11.3 Å². The first kappa shape index (κ1) is 19.8. The molecule has 4 nitrogen and oxygen atoms in total. The van der Waals surface area contributed by atoms with Gasteiger partial charge in [-0.3, -0.25) is 9.78 Å². The summed E-state index contributed by atoms with van der Waals surface area (Å²) in [6, 6.07) is 10.5. The molecule has 0 bridgehead atoms. The Bertz CT molecular complexity index is 1060. The van der Waals surface area contributed by atoms with Gasteiger partial charge in [-0.1, -0.05) is 24.3 Å². The minimum Gasteiger partial charge on any atom is -0.496 e. The highest BCUT2D eigenvalue weighted by molar-refractivity contribution is 7.19. The topological polar surface area (TPSA) is 51.2 Å². The molecule has 1 aromatic carbocycles. The summed E-state index contributed by atoms with van der Waals surface area (Å²) in [7, 11) is 1.58. The van der Waals surface area contributed by atoms with Crippen molar-refractivity contribution in [3.8, 4) is 10.4 Å². The lowest BCUT2D eigenvalue weighted by Crippen LogP contribution is -2.12. The smallest absolute Gasteiger partial charge is 0.259 e. The fraction of sp³-hybridized carbons (Fsp3) is 0.0476. The number of anilines is 1. The molecule has 1 N–H and O–H groups in total. The Morgan fingerprint density at radius 1 is 1.32 bits per heavy atom. The number of nitrogens with zero attached hydrogens (tertiary/aromatic N) is 1. The van der Waals surface area contributed by atoms with Gasteiger partial charge in [0.2, 0.25) is 0 Å². The average Bonchev–Trinajstić information content (AvgIpc) is 3.15. The maximum Gasteiger partial charge on any atom is 0.259 e. The first-order chi connectivity index (χ1) is 13.5. The highest BCUT2D eigenvalue weighted by atomic mass is 35.5. The number of hydrogen-bond acceptors (Lipinski definition) is 4. The Kier molecular flexibility index (Phi) is 6.23. The van der Waals surface area contributed by atoms with Gasteiger partial charge >= 0.3 is 0 Å². The van der Waals surface area contributed by atoms with Crippen molar-refractivity contribution < 1.29 is 13.9 Å². The molecule has 0 saturated carbocycles. The Hall–Kier alpha value is -2.96. The zero-order valence-corrected chi connectivity index (χ0v) is 16.5. The molecule has 2 heterocycles. The third kappa shape index (κ3) is 4.30. The van der Waals surface area contributed by atoms with Gasteiger partial charge in [-0.2, -0.15) is 0 Å². The minimum absolute atomic E-state index is 0.0655. The van der Waals surface area contributed by atoms with E-state index >= 15 is 0 Å². The number of carbonyl (C=O) groups is 1. The molecule has 0 atom stereocenters. The number of pyridine rings is 1. The summed E-state index contributed by atoms with van der Waals surface area (Å²) in [6.45, 7) is 3.68. The lowest BCUT2D eigenvalue weighted by atomic mass is 10.1. The Morgan fingerprint density at radius 2 is 2.14 bits per heavy atom. The van der Waals surface area contributed by atoms with Crippen LogP contribution in [0.1, 0.15) is 15.9 Å². The monoisotopic (exact) mass is 414 g/mol. The van der Waals surface area contributed by atoms with Crippen molar-refractivity contribution in [1.82, 2.24) is 4.98 Å². The summed E-state index contributed by atoms with van der Waals surface area (Å²) < 4.78 is 19.1. The predicted octanol–water partition coefficient (Wildman–Crippen LogP) is 6.03. The number of amides is 1. The third-order valence-electron chi connectivity index (χ3n) is 3.87. The number of benzene rings is 1. The first-order valence-electron chi connectivity index (χ1n) is 8.21. The minimum atomic E-state index is -0.673. The molecule has 0 aliphatic rings. The second-order valence-electron chi connectivity index (χ2n) is 5.64. The molecule has 0 aliphatic carbocycles. The number of allylic oxidation sites excluding steroid dienone is 2. The van der Waals surface area contributed by atoms with Crippen LogP contribution in [0.2, 0.25) is 5.02 Å². The standard InChI is InChI=1S/C21H16ClFN2O2S/c1-3-4-18(27-2)13-5-6-16(22)15(11-13)19-7-8-20(28-19)25-21(26)14-9-10-24-12-17(14)23/h3-12H,1H2,2H3,(H,25,26)/b18-4-. The summed E-state index contributed by atoms with van der Waals surface area (Å²) in [6.07, 6.45) is 5.78. The van der Waals surface area contributed by atoms with Crippen LogP contribution >= 0.6 is 22.9 Å². The Morgan fingerprint density at radius 3 is 2.86 bits per heavy atom. The van der Waals surface area contributed by atoms with E-state index in [0.717, 1.165) is 22.2 Å². The number of thiophene rings is 1. The largest absolute Gasteiger partial charge is 0.496 e. The van der Waals surface area contributed by atoms with E-state index in [1.807, 2.05) is 18.2 Å². The summed E-state index contributed by atoms with van der Waals surface area (Å²) >= 11 is 7.71. The van der Waals surface area contributed by atoms with Crippen molar-refractivity contribution in [3.05, 3.63) is 89.5 Å². The maximum absolute atomic E-state index is 13.7. The zero-order chi connectivity index (χ0) is 20.1. The Labute approximate surface area is 171 Å². The second-order valence-corrected chi connectivity index (χ2v) is 7.13. The summed E-state index contributed by atoms with van der Waals surface area (Å²) in [5.41, 5.74) is 1.58. The predicted molar refractivity (Wildman–Crippen MR) is 112 cm³/mol. The highest BCUT2D eigenvalue weighted by Gasteiger charge is 2.14. The molecule has 3 rings (SSSR count). The second kappa shape index (κ2) is 8.82. The summed E-state index contributed by atoms with van der Waals surface area (Å²) in [5.74, 6) is -0.552. The van der Waals surface area contributed by atoms with Gasteiger partial charge in [0.1, 0.15) is 5.76 Å². The first-order valence-corrected chi connectivity index (χ1v) is 9.40. The quantitative estimate of drug-likeness (QED) is 0.396. The van der Waals surface area contributed by atoms with E-state index < -0.39 is 11.7 Å². The summed E-state index contributed by atoms with van der Waals surface area (Å²) in [4.78, 5) is 16.8. The average molecular weight is 415 g/mol. The molecule has 0 unspecified atom stereocenters. The van der Waals surface area contributed by atoms with Gasteiger partial charge in [0.05, 0.1) is 23.9 Å². The lowest BCUT2D eigenvalue weighted by molar-refractivity contribution is 0.102. The molecule has 3 aromatic rings. The number of hydrogen-bond donors (Lipinski definition) is 1. The molecule has 0 fully saturated rings. The van der Waals surface area contributed by atoms with Crippen LogP contribution in [0, 0.1) is 5.82 Å². The van der Waals surface area contributed by atoms with Gasteiger partial charge in [-0.05, 0) is 42.5 Å². The maximum atomic E-state index is 13.7. The number of aromatic nitrogens is 1. The van der Waals surface area contributed by atoms with Crippen molar-refractivity contribution in [1.29, 1.82) is 0 Å². The van der Waals surface area contributed by atoms with Crippen LogP contribution in [0.4, 0.5) is 9.39 Å². The highest BCUT2D eigenvalue weighted by Crippen LogP contribution is 2.37. The molecular weight excluding hydrogens is 399 g/mol. The number of ether oxygens (including phenoxy) is 1. The van der Waals surface area contributed by atoms with Crippen LogP contribution in [0.15, 0.2) is 67.5 Å². The van der Waals surface area contributed by atoms with Crippen LogP contribution in [-0.4, -0.2) is 18.0 Å². The molecule has 0 spiro atoms. The van der Waals surface area contributed by atoms with Crippen LogP contribution < -0.4 is 5.32 Å². The molecule has 28 heavy (non-hydrogen) atoms. The molecular formula is C21H16ClFN2O2S. The molecule has 1 amide bonds. The van der Waals surface area contributed by atoms with Crippen molar-refractivity contribution in [2.45, 2.75) is 0 Å². The van der Waals surface area contributed by atoms with Crippen LogP contribution in [0.5, 0.6) is 0 Å². The number of rotatable bonds is 6. The van der Waals surface area contributed by atoms with E-state index in [4.69, 9.17) is 16.3 Å². The molecule has 142 valence electrons. The number of carbonyl (C=O) groups excluding carboxylic acids is 1. The fourth-order valence-electron chi connectivity index (χ4n) is 2.54. The molecule has 0 radical (unpaired) electrons. The van der Waals surface area contributed by atoms with Crippen molar-refractivity contribution in [3.63, 3.8) is 0 Å². The Balaban J connectivity index is 1.88. The van der Waals surface area contributed by atoms with Crippen LogP contribution in [0.3, 0.4) is 0 Å². The van der Waals surface area contributed by atoms with Gasteiger partial charge in [-0.25, -0.2) is 4.39 Å². The van der Waals surface area contributed by atoms with E-state index in [9.17, 15) is 9.18 Å². The molecule has 2 aromatic heterocycles. The normalized spacial score (nSPS) is 11.2. The SMILES string of the molecule is C=C/C=C(\OC)c1ccc(Cl)c(-c2ccc(NC(=O)c3ccncc3F)s2)c1. The fourth-order valence-corrected chi connectivity index (χ4v) is 3.75. The van der Waals surface area contributed by atoms with Crippen molar-refractivity contribution in [2.24, 2.45) is 0 Å². The van der Waals surface area contributed by atoms with Crippen LogP contribution in [0.25, 0.3) is 16.2 Å². The van der Waals surface area contributed by atoms with Crippen molar-refractivity contribution in [2.75, 3.05) is 12.4 Å². The number of halogens is 2. The van der Waals surface area contributed by atoms with E-state index in [1.165, 1.54) is 23.6 Å². The lowest BCUT2D eigenvalue weighted by Gasteiger charge is -2.09. The van der Waals surface area contributed by atoms with Crippen molar-refractivity contribution >= 4 is 39.6 Å². The third-order valence-corrected chi connectivity index (χ3v) is 5.23. The van der Waals surface area contributed by atoms with E-state index in [1.54, 1.807) is 31.4 Å². The number of methoxy groups -OCH3 is 1. The molecule has 0 saturated heterocycles. The van der Waals surface area contributed by atoms with E-state index in [2.05, 4.69) is 16.9 Å². The van der Waals surface area contributed by atoms with Gasteiger partial charge in [0, 0.05) is 27.2 Å². The van der Waals surface area contributed by atoms with Gasteiger partial charge < -0.3 is 10.1 Å². The number of nitrogens with one attached hydrogen (secondary N) is 1. The van der Waals surface area contributed by atoms with E-state index in [-0.39, 0.29) is 5.56 Å². The zero-order valence-electron chi connectivity index (χ0n) is 14.9. The van der Waals surface area contributed by atoms with Crippen LogP contribution in [-0.2, 0) is 4.74 Å². The molecule has 0 aliphatic heterocycles. The van der Waals surface area contributed by atoms with E-state index in [0.29, 0.717) is 15.8 Å². The summed E-state index contributed by atoms with van der Waals surface area (Å²) in [5, 5.41) is 3.84. The molecule has 7 heteroatoms.